The van der Waals surface area contributed by atoms with Gasteiger partial charge in [-0.25, -0.2) is 13.4 Å². The minimum Gasteiger partial charge on any atom is -0.494 e. The monoisotopic (exact) mass is 582 g/mol. The first kappa shape index (κ1) is 28.7. The van der Waals surface area contributed by atoms with Crippen molar-refractivity contribution in [2.24, 2.45) is 10.7 Å². The lowest BCUT2D eigenvalue weighted by atomic mass is 9.99. The molecule has 1 amide bonds. The zero-order valence-electron chi connectivity index (χ0n) is 21.8. The average molecular weight is 583 g/mol. The van der Waals surface area contributed by atoms with Crippen LogP contribution in [0.25, 0.3) is 10.9 Å². The summed E-state index contributed by atoms with van der Waals surface area (Å²) in [6, 6.07) is 18.0. The van der Waals surface area contributed by atoms with Gasteiger partial charge in [-0.15, -0.1) is 0 Å². The molecule has 0 spiro atoms. The maximum Gasteiger partial charge on any atom is 0.307 e. The van der Waals surface area contributed by atoms with E-state index in [0.29, 0.717) is 44.0 Å². The third kappa shape index (κ3) is 5.80. The molecule has 0 unspecified atom stereocenters. The Bertz CT molecular complexity index is 1740. The number of anilines is 1. The van der Waals surface area contributed by atoms with E-state index in [2.05, 4.69) is 4.98 Å². The summed E-state index contributed by atoms with van der Waals surface area (Å²) in [5.41, 5.74) is 7.14. The maximum atomic E-state index is 12.6. The van der Waals surface area contributed by atoms with Gasteiger partial charge < -0.3 is 20.9 Å². The summed E-state index contributed by atoms with van der Waals surface area (Å²) in [6.45, 7) is 2.83. The number of H-pyrrole nitrogens is 1. The van der Waals surface area contributed by atoms with Crippen molar-refractivity contribution in [1.82, 2.24) is 4.98 Å². The number of hydrogen-bond donors (Lipinski definition) is 4. The van der Waals surface area contributed by atoms with Crippen LogP contribution >= 0.6 is 11.6 Å². The van der Waals surface area contributed by atoms with E-state index in [-0.39, 0.29) is 18.0 Å². The quantitative estimate of drug-likeness (QED) is 0.214. The van der Waals surface area contributed by atoms with Crippen LogP contribution in [0.5, 0.6) is 5.88 Å². The maximum absolute atomic E-state index is 12.6. The number of primary amides is 1. The Labute approximate surface area is 235 Å². The minimum atomic E-state index is -3.87. The molecule has 0 aliphatic carbocycles. The van der Waals surface area contributed by atoms with Gasteiger partial charge in [0.2, 0.25) is 15.9 Å². The standard InChI is InChI=1S/C28H27ClN4O6S/c1-28(2,27(30)37)33(40(3,38)39)20-11-9-19(10-12-20)31-25(17-6-4-16(5-7-17)14-23(34)35)24-21-13-8-18(29)15-22(21)32-26(24)36/h4-13,15,32,36H,14H2,1-3H3,(H2,30,37)(H,34,35). The van der Waals surface area contributed by atoms with E-state index in [9.17, 15) is 23.1 Å². The Morgan fingerprint density at radius 1 is 1.05 bits per heavy atom. The second-order valence-corrected chi connectivity index (χ2v) is 12.0. The summed E-state index contributed by atoms with van der Waals surface area (Å²) in [5.74, 6) is -1.92. The number of halogens is 1. The van der Waals surface area contributed by atoms with Crippen LogP contribution in [0.1, 0.15) is 30.5 Å². The molecule has 0 fully saturated rings. The molecule has 3 aromatic carbocycles. The number of hydrogen-bond acceptors (Lipinski definition) is 6. The van der Waals surface area contributed by atoms with Gasteiger partial charge in [-0.1, -0.05) is 41.9 Å². The van der Waals surface area contributed by atoms with Crippen molar-refractivity contribution in [3.05, 3.63) is 88.4 Å². The number of nitrogens with zero attached hydrogens (tertiary/aromatic N) is 2. The molecule has 1 heterocycles. The lowest BCUT2D eigenvalue weighted by Crippen LogP contribution is -2.55. The molecule has 0 atom stereocenters. The van der Waals surface area contributed by atoms with E-state index >= 15 is 0 Å². The van der Waals surface area contributed by atoms with Crippen LogP contribution in [0.4, 0.5) is 11.4 Å². The number of sulfonamides is 1. The molecule has 4 aromatic rings. The zero-order valence-corrected chi connectivity index (χ0v) is 23.4. The molecule has 12 heteroatoms. The molecular formula is C28H27ClN4O6S. The summed E-state index contributed by atoms with van der Waals surface area (Å²) in [6.07, 6.45) is 0.839. The lowest BCUT2D eigenvalue weighted by molar-refractivity contribution is -0.136. The number of fused-ring (bicyclic) bond motifs is 1. The van der Waals surface area contributed by atoms with Gasteiger partial charge in [0.15, 0.2) is 5.88 Å². The van der Waals surface area contributed by atoms with E-state index < -0.39 is 27.4 Å². The van der Waals surface area contributed by atoms with Crippen molar-refractivity contribution in [2.45, 2.75) is 25.8 Å². The lowest BCUT2D eigenvalue weighted by Gasteiger charge is -2.35. The normalized spacial score (nSPS) is 12.4. The smallest absolute Gasteiger partial charge is 0.307 e. The van der Waals surface area contributed by atoms with Gasteiger partial charge in [0.25, 0.3) is 0 Å². The first-order chi connectivity index (χ1) is 18.7. The Morgan fingerprint density at radius 2 is 1.68 bits per heavy atom. The topological polar surface area (TPSA) is 166 Å². The molecule has 10 nitrogen and oxygen atoms in total. The van der Waals surface area contributed by atoms with E-state index in [4.69, 9.17) is 27.4 Å². The van der Waals surface area contributed by atoms with Crippen molar-refractivity contribution >= 4 is 61.5 Å². The number of aromatic amines is 1. The first-order valence-electron chi connectivity index (χ1n) is 12.0. The minimum absolute atomic E-state index is 0.145. The number of amides is 1. The van der Waals surface area contributed by atoms with Crippen molar-refractivity contribution in [3.8, 4) is 5.88 Å². The van der Waals surface area contributed by atoms with Gasteiger partial charge in [-0.3, -0.25) is 13.9 Å². The van der Waals surface area contributed by atoms with Gasteiger partial charge in [0.05, 0.1) is 40.8 Å². The predicted octanol–water partition coefficient (Wildman–Crippen LogP) is 4.35. The molecule has 40 heavy (non-hydrogen) atoms. The summed E-state index contributed by atoms with van der Waals surface area (Å²) in [4.78, 5) is 30.9. The van der Waals surface area contributed by atoms with Gasteiger partial charge >= 0.3 is 5.97 Å². The van der Waals surface area contributed by atoms with E-state index in [1.54, 1.807) is 54.6 Å². The average Bonchev–Trinajstić information content (AvgIpc) is 3.17. The molecule has 0 aliphatic rings. The molecule has 0 saturated carbocycles. The molecule has 0 saturated heterocycles. The summed E-state index contributed by atoms with van der Waals surface area (Å²) >= 11 is 6.13. The van der Waals surface area contributed by atoms with Gasteiger partial charge in [0.1, 0.15) is 5.54 Å². The number of carbonyl (C=O) groups excluding carboxylic acids is 1. The van der Waals surface area contributed by atoms with Crippen LogP contribution < -0.4 is 10.0 Å². The number of nitrogens with one attached hydrogen (secondary N) is 1. The van der Waals surface area contributed by atoms with E-state index in [0.717, 1.165) is 10.6 Å². The predicted molar refractivity (Wildman–Crippen MR) is 155 cm³/mol. The summed E-state index contributed by atoms with van der Waals surface area (Å²) in [5, 5.41) is 21.1. The molecule has 0 radical (unpaired) electrons. The Hall–Kier alpha value is -4.35. The Morgan fingerprint density at radius 3 is 2.23 bits per heavy atom. The molecule has 4 rings (SSSR count). The molecule has 5 N–H and O–H groups in total. The fraction of sp³-hybridized carbons (Fsp3) is 0.179. The Balaban J connectivity index is 1.86. The number of aromatic hydroxyl groups is 1. The largest absolute Gasteiger partial charge is 0.494 e. The van der Waals surface area contributed by atoms with Crippen LogP contribution in [0, 0.1) is 0 Å². The van der Waals surface area contributed by atoms with Crippen molar-refractivity contribution in [1.29, 1.82) is 0 Å². The highest BCUT2D eigenvalue weighted by atomic mass is 35.5. The second kappa shape index (κ2) is 10.7. The number of aliphatic imine (C=N–C) groups is 1. The molecule has 0 bridgehead atoms. The second-order valence-electron chi connectivity index (χ2n) is 9.73. The number of nitrogens with two attached hydrogens (primary N) is 1. The van der Waals surface area contributed by atoms with E-state index in [1.807, 2.05) is 0 Å². The van der Waals surface area contributed by atoms with Crippen LogP contribution in [0.2, 0.25) is 5.02 Å². The van der Waals surface area contributed by atoms with Crippen molar-refractivity contribution < 1.29 is 28.2 Å². The third-order valence-corrected chi connectivity index (χ3v) is 7.89. The van der Waals surface area contributed by atoms with Crippen LogP contribution in [-0.4, -0.2) is 53.0 Å². The first-order valence-corrected chi connectivity index (χ1v) is 14.2. The summed E-state index contributed by atoms with van der Waals surface area (Å²) < 4.78 is 26.1. The number of aromatic nitrogens is 1. The highest BCUT2D eigenvalue weighted by Crippen LogP contribution is 2.34. The number of aliphatic carboxylic acids is 1. The van der Waals surface area contributed by atoms with Crippen LogP contribution in [0.3, 0.4) is 0 Å². The number of benzene rings is 3. The number of carboxylic acids is 1. The number of carbonyl (C=O) groups is 2. The fourth-order valence-electron chi connectivity index (χ4n) is 4.44. The number of carboxylic acid groups (broad SMARTS) is 1. The Kier molecular flexibility index (Phi) is 7.64. The number of rotatable bonds is 9. The van der Waals surface area contributed by atoms with Crippen molar-refractivity contribution in [2.75, 3.05) is 10.6 Å². The van der Waals surface area contributed by atoms with Gasteiger partial charge in [-0.2, -0.15) is 0 Å². The SMILES string of the molecule is CC(C)(C(N)=O)N(c1ccc(N=C(c2ccc(CC(=O)O)cc2)c2c(O)[nH]c3cc(Cl)ccc23)cc1)S(C)(=O)=O. The summed E-state index contributed by atoms with van der Waals surface area (Å²) in [7, 11) is -3.87. The van der Waals surface area contributed by atoms with Crippen LogP contribution in [0.15, 0.2) is 71.7 Å². The van der Waals surface area contributed by atoms with Gasteiger partial charge in [-0.05, 0) is 55.8 Å². The zero-order chi connectivity index (χ0) is 29.4. The molecule has 0 aliphatic heterocycles. The van der Waals surface area contributed by atoms with Crippen molar-refractivity contribution in [3.63, 3.8) is 0 Å². The molecular weight excluding hydrogens is 556 g/mol. The molecule has 1 aromatic heterocycles. The van der Waals surface area contributed by atoms with Gasteiger partial charge in [0, 0.05) is 16.0 Å². The highest BCUT2D eigenvalue weighted by molar-refractivity contribution is 7.92. The fourth-order valence-corrected chi connectivity index (χ4v) is 6.03. The van der Waals surface area contributed by atoms with Crippen LogP contribution in [-0.2, 0) is 26.0 Å². The molecule has 208 valence electrons. The highest BCUT2D eigenvalue weighted by Gasteiger charge is 2.39. The van der Waals surface area contributed by atoms with E-state index in [1.165, 1.54) is 26.0 Å². The third-order valence-electron chi connectivity index (χ3n) is 6.33.